The van der Waals surface area contributed by atoms with Crippen molar-refractivity contribution in [2.24, 2.45) is 11.7 Å². The summed E-state index contributed by atoms with van der Waals surface area (Å²) in [5.74, 6) is -6.17. The lowest BCUT2D eigenvalue weighted by molar-refractivity contribution is -0.119. The smallest absolute Gasteiger partial charge is 0.248 e. The van der Waals surface area contributed by atoms with Gasteiger partial charge in [-0.05, 0) is 48.6 Å². The zero-order valence-electron chi connectivity index (χ0n) is 19.1. The molecule has 0 aromatic heterocycles. The number of hydrogen-bond acceptors (Lipinski definition) is 5. The number of halogens is 5. The number of benzene rings is 2. The van der Waals surface area contributed by atoms with Crippen molar-refractivity contribution in [3.63, 3.8) is 0 Å². The molecule has 1 fully saturated rings. The topological polar surface area (TPSA) is 97.5 Å². The highest BCUT2D eigenvalue weighted by Gasteiger charge is 2.39. The van der Waals surface area contributed by atoms with Crippen LogP contribution in [0.15, 0.2) is 41.3 Å². The molecule has 4 rings (SSSR count). The molecule has 2 aromatic rings. The van der Waals surface area contributed by atoms with Gasteiger partial charge in [-0.1, -0.05) is 23.7 Å². The predicted octanol–water partition coefficient (Wildman–Crippen LogP) is 4.95. The molecule has 1 atom stereocenters. The number of fused-ring (bicyclic) bond motifs is 1. The summed E-state index contributed by atoms with van der Waals surface area (Å²) in [7, 11) is -4.14. The summed E-state index contributed by atoms with van der Waals surface area (Å²) in [6.45, 7) is -0.0802. The maximum absolute atomic E-state index is 15.0. The van der Waals surface area contributed by atoms with Gasteiger partial charge in [-0.2, -0.15) is 0 Å². The summed E-state index contributed by atoms with van der Waals surface area (Å²) < 4.78 is 67.7. The maximum Gasteiger partial charge on any atom is 0.248 e. The van der Waals surface area contributed by atoms with Gasteiger partial charge in [-0.25, -0.2) is 21.6 Å². The summed E-state index contributed by atoms with van der Waals surface area (Å²) in [4.78, 5) is 26.7. The second kappa shape index (κ2) is 10.7. The van der Waals surface area contributed by atoms with Crippen LogP contribution in [0.1, 0.15) is 48.0 Å². The Kier molecular flexibility index (Phi) is 8.44. The Morgan fingerprint density at radius 3 is 2.36 bits per heavy atom. The minimum atomic E-state index is -4.14. The van der Waals surface area contributed by atoms with Crippen LogP contribution in [0, 0.1) is 11.7 Å². The molecule has 0 radical (unpaired) electrons. The highest BCUT2D eigenvalue weighted by Crippen LogP contribution is 2.39. The van der Waals surface area contributed by atoms with E-state index in [1.165, 1.54) is 0 Å². The van der Waals surface area contributed by atoms with Crippen LogP contribution in [0.2, 0.25) is 5.02 Å². The summed E-state index contributed by atoms with van der Waals surface area (Å²) in [6, 6.07) is 6.92. The molecule has 2 aliphatic rings. The van der Waals surface area contributed by atoms with Crippen LogP contribution in [-0.4, -0.2) is 37.8 Å². The van der Waals surface area contributed by atoms with Gasteiger partial charge in [0.15, 0.2) is 15.6 Å². The summed E-state index contributed by atoms with van der Waals surface area (Å²) in [5.41, 5.74) is 5.95. The highest BCUT2D eigenvalue weighted by molar-refractivity contribution is 7.91. The van der Waals surface area contributed by atoms with Crippen LogP contribution in [0.3, 0.4) is 0 Å². The highest BCUT2D eigenvalue weighted by atomic mass is 35.5. The fourth-order valence-electron chi connectivity index (χ4n) is 4.55. The van der Waals surface area contributed by atoms with Crippen LogP contribution >= 0.6 is 24.0 Å². The van der Waals surface area contributed by atoms with Crippen molar-refractivity contribution in [1.29, 1.82) is 0 Å². The average Bonchev–Trinajstić information content (AvgIpc) is 2.85. The fraction of sp³-hybridized carbons (Fsp3) is 0.417. The maximum atomic E-state index is 15.0. The largest absolute Gasteiger partial charge is 0.319 e. The van der Waals surface area contributed by atoms with Crippen molar-refractivity contribution in [1.82, 2.24) is 0 Å². The molecular weight excluding hydrogens is 540 g/mol. The van der Waals surface area contributed by atoms with Gasteiger partial charge in [0, 0.05) is 24.3 Å². The van der Waals surface area contributed by atoms with Gasteiger partial charge in [0.2, 0.25) is 11.8 Å². The molecule has 0 spiro atoms. The predicted molar refractivity (Wildman–Crippen MR) is 132 cm³/mol. The summed E-state index contributed by atoms with van der Waals surface area (Å²) >= 11 is 5.92. The van der Waals surface area contributed by atoms with Crippen molar-refractivity contribution in [3.8, 4) is 0 Å². The number of hydrogen-bond donors (Lipinski definition) is 1. The first-order chi connectivity index (χ1) is 16.4. The standard InChI is InChI=1S/C24H24ClF3N2O4S.ClH/c25-16-3-1-15(2-4-16)12-30-20-10-17(21(31)9-14-5-7-24(27,28)8-6-14)18(26)11-22(20)35(33,34)13-19(29)23(30)32;/h1-4,10-11,14,19H,5-9,12-13,29H2;1H/t19-;/m0./s1. The van der Waals surface area contributed by atoms with Crippen LogP contribution in [0.25, 0.3) is 0 Å². The lowest BCUT2D eigenvalue weighted by Crippen LogP contribution is -2.45. The Labute approximate surface area is 218 Å². The molecule has 12 heteroatoms. The fourth-order valence-corrected chi connectivity index (χ4v) is 6.24. The van der Waals surface area contributed by atoms with Gasteiger partial charge in [0.25, 0.3) is 0 Å². The minimum Gasteiger partial charge on any atom is -0.319 e. The Morgan fingerprint density at radius 2 is 1.75 bits per heavy atom. The van der Waals surface area contributed by atoms with Gasteiger partial charge < -0.3 is 10.6 Å². The molecule has 1 heterocycles. The Morgan fingerprint density at radius 1 is 1.14 bits per heavy atom. The van der Waals surface area contributed by atoms with E-state index in [-0.39, 0.29) is 68.2 Å². The first-order valence-corrected chi connectivity index (χ1v) is 13.2. The quantitative estimate of drug-likeness (QED) is 0.518. The molecule has 36 heavy (non-hydrogen) atoms. The number of sulfone groups is 1. The van der Waals surface area contributed by atoms with E-state index in [1.54, 1.807) is 24.3 Å². The summed E-state index contributed by atoms with van der Waals surface area (Å²) in [5, 5.41) is 0.464. The molecule has 2 aromatic carbocycles. The SMILES string of the molecule is Cl.N[C@H]1CS(=O)(=O)c2cc(F)c(C(=O)CC3CCC(F)(F)CC3)cc2N(Cc2ccc(Cl)cc2)C1=O. The molecule has 1 saturated carbocycles. The monoisotopic (exact) mass is 564 g/mol. The number of ketones is 1. The third kappa shape index (κ3) is 6.04. The van der Waals surface area contributed by atoms with E-state index in [0.717, 1.165) is 17.0 Å². The first kappa shape index (κ1) is 28.4. The molecule has 0 unspecified atom stereocenters. The lowest BCUT2D eigenvalue weighted by Gasteiger charge is -2.28. The van der Waals surface area contributed by atoms with Crippen LogP contribution in [0.4, 0.5) is 18.9 Å². The zero-order valence-corrected chi connectivity index (χ0v) is 21.4. The van der Waals surface area contributed by atoms with Crippen LogP contribution in [0.5, 0.6) is 0 Å². The van der Waals surface area contributed by atoms with E-state index in [9.17, 15) is 26.8 Å². The van der Waals surface area contributed by atoms with Crippen molar-refractivity contribution in [2.45, 2.75) is 55.5 Å². The number of nitrogens with two attached hydrogens (primary N) is 1. The van der Waals surface area contributed by atoms with Gasteiger partial charge in [-0.15, -0.1) is 12.4 Å². The normalized spacial score (nSPS) is 21.3. The first-order valence-electron chi connectivity index (χ1n) is 11.1. The number of nitrogens with zero attached hydrogens (tertiary/aromatic N) is 1. The molecular formula is C24H25Cl2F3N2O4S. The van der Waals surface area contributed by atoms with Crippen LogP contribution in [-0.2, 0) is 21.2 Å². The van der Waals surface area contributed by atoms with Crippen molar-refractivity contribution in [2.75, 3.05) is 10.7 Å². The van der Waals surface area contributed by atoms with E-state index in [0.29, 0.717) is 10.6 Å². The second-order valence-corrected chi connectivity index (χ2v) is 11.6. The third-order valence-corrected chi connectivity index (χ3v) is 8.57. The van der Waals surface area contributed by atoms with E-state index < -0.39 is 50.0 Å². The van der Waals surface area contributed by atoms with E-state index >= 15 is 4.39 Å². The molecule has 2 N–H and O–H groups in total. The second-order valence-electron chi connectivity index (χ2n) is 9.17. The number of rotatable bonds is 5. The molecule has 196 valence electrons. The minimum absolute atomic E-state index is 0. The number of alkyl halides is 2. The van der Waals surface area contributed by atoms with E-state index in [2.05, 4.69) is 0 Å². The zero-order chi connectivity index (χ0) is 25.5. The molecule has 1 amide bonds. The Bertz CT molecular complexity index is 1260. The molecule has 1 aliphatic carbocycles. The number of Topliss-reactive ketones (excluding diaryl/α,β-unsaturated/α-hetero) is 1. The molecule has 0 saturated heterocycles. The summed E-state index contributed by atoms with van der Waals surface area (Å²) in [6.07, 6.45) is -0.553. The Hall–Kier alpha value is -2.14. The van der Waals surface area contributed by atoms with Gasteiger partial charge >= 0.3 is 0 Å². The van der Waals surface area contributed by atoms with Crippen molar-refractivity contribution < 1.29 is 31.2 Å². The van der Waals surface area contributed by atoms with E-state index in [4.69, 9.17) is 17.3 Å². The third-order valence-electron chi connectivity index (χ3n) is 6.52. The average molecular weight is 565 g/mol. The van der Waals surface area contributed by atoms with Crippen molar-refractivity contribution in [3.05, 3.63) is 58.4 Å². The Balaban J connectivity index is 0.00000361. The van der Waals surface area contributed by atoms with Gasteiger partial charge in [0.1, 0.15) is 5.82 Å². The molecule has 0 bridgehead atoms. The van der Waals surface area contributed by atoms with Gasteiger partial charge in [-0.3, -0.25) is 9.59 Å². The van der Waals surface area contributed by atoms with Crippen molar-refractivity contribution >= 4 is 51.2 Å². The number of carbonyl (C=O) groups excluding carboxylic acids is 2. The van der Waals surface area contributed by atoms with Crippen LogP contribution < -0.4 is 10.6 Å². The molecule has 1 aliphatic heterocycles. The molecule has 6 nitrogen and oxygen atoms in total. The number of amides is 1. The van der Waals surface area contributed by atoms with Gasteiger partial charge in [0.05, 0.1) is 34.5 Å². The number of carbonyl (C=O) groups is 2. The van der Waals surface area contributed by atoms with E-state index in [1.807, 2.05) is 0 Å². The lowest BCUT2D eigenvalue weighted by atomic mass is 9.83. The number of anilines is 1.